The number of aromatic nitrogens is 2. The Hall–Kier alpha value is -2.84. The lowest BCUT2D eigenvalue weighted by Crippen LogP contribution is -2.19. The second-order valence-electron chi connectivity index (χ2n) is 5.34. The van der Waals surface area contributed by atoms with Crippen LogP contribution in [0.1, 0.15) is 29.9 Å². The van der Waals surface area contributed by atoms with Gasteiger partial charge in [0, 0.05) is 23.4 Å². The number of benzene rings is 1. The summed E-state index contributed by atoms with van der Waals surface area (Å²) in [7, 11) is 0. The highest BCUT2D eigenvalue weighted by molar-refractivity contribution is 6.04. The number of amides is 1. The first-order valence-corrected chi connectivity index (χ1v) is 7.05. The van der Waals surface area contributed by atoms with Crippen LogP contribution < -0.4 is 16.4 Å². The number of rotatable bonds is 4. The molecular weight excluding hydrogens is 323 g/mol. The smallest absolute Gasteiger partial charge is 0.399 e. The summed E-state index contributed by atoms with van der Waals surface area (Å²) in [5.41, 5.74) is 5.01. The van der Waals surface area contributed by atoms with Crippen LogP contribution in [0.5, 0.6) is 0 Å². The minimum absolute atomic E-state index is 0.175. The van der Waals surface area contributed by atoms with Gasteiger partial charge in [-0.15, -0.1) is 0 Å². The maximum Gasteiger partial charge on any atom is 0.433 e. The number of nitrogens with two attached hydrogens (primary N) is 1. The predicted octanol–water partition coefficient (Wildman–Crippen LogP) is 3.15. The fraction of sp³-hybridized carbons (Fsp3) is 0.267. The molecule has 1 aromatic carbocycles. The van der Waals surface area contributed by atoms with Gasteiger partial charge in [-0.3, -0.25) is 4.79 Å². The van der Waals surface area contributed by atoms with Crippen LogP contribution in [0, 0.1) is 0 Å². The summed E-state index contributed by atoms with van der Waals surface area (Å²) in [5, 5.41) is 5.01. The Morgan fingerprint density at radius 3 is 2.50 bits per heavy atom. The van der Waals surface area contributed by atoms with E-state index in [1.54, 1.807) is 26.0 Å². The molecule has 0 unspecified atom stereocenters. The van der Waals surface area contributed by atoms with Gasteiger partial charge in [0.2, 0.25) is 5.95 Å². The molecule has 2 aromatic rings. The van der Waals surface area contributed by atoms with E-state index in [-0.39, 0.29) is 23.4 Å². The minimum Gasteiger partial charge on any atom is -0.399 e. The van der Waals surface area contributed by atoms with Gasteiger partial charge in [0.05, 0.1) is 0 Å². The molecule has 0 saturated carbocycles. The molecule has 1 heterocycles. The largest absolute Gasteiger partial charge is 0.433 e. The average molecular weight is 339 g/mol. The Kier molecular flexibility index (Phi) is 4.91. The Balaban J connectivity index is 2.33. The number of hydrogen-bond donors (Lipinski definition) is 3. The van der Waals surface area contributed by atoms with Crippen molar-refractivity contribution in [2.45, 2.75) is 26.1 Å². The number of hydrogen-bond acceptors (Lipinski definition) is 5. The first-order chi connectivity index (χ1) is 11.1. The zero-order chi connectivity index (χ0) is 17.9. The van der Waals surface area contributed by atoms with E-state index < -0.39 is 17.8 Å². The van der Waals surface area contributed by atoms with Crippen molar-refractivity contribution in [3.05, 3.63) is 41.6 Å². The van der Waals surface area contributed by atoms with Gasteiger partial charge in [0.1, 0.15) is 5.82 Å². The van der Waals surface area contributed by atoms with Crippen LogP contribution in [-0.2, 0) is 6.18 Å². The molecule has 0 radical (unpaired) electrons. The maximum absolute atomic E-state index is 13.0. The zero-order valence-electron chi connectivity index (χ0n) is 13.0. The third-order valence-corrected chi connectivity index (χ3v) is 2.82. The van der Waals surface area contributed by atoms with E-state index in [1.807, 2.05) is 0 Å². The highest BCUT2D eigenvalue weighted by Gasteiger charge is 2.34. The molecule has 0 fully saturated rings. The van der Waals surface area contributed by atoms with Crippen molar-refractivity contribution in [2.75, 3.05) is 16.4 Å². The molecule has 1 amide bonds. The summed E-state index contributed by atoms with van der Waals surface area (Å²) in [4.78, 5) is 19.4. The molecule has 0 aliphatic rings. The summed E-state index contributed by atoms with van der Waals surface area (Å²) >= 11 is 0. The van der Waals surface area contributed by atoms with Crippen LogP contribution in [-0.4, -0.2) is 21.9 Å². The molecule has 4 N–H and O–H groups in total. The zero-order valence-corrected chi connectivity index (χ0v) is 13.0. The van der Waals surface area contributed by atoms with Gasteiger partial charge in [0.15, 0.2) is 5.69 Å². The summed E-state index contributed by atoms with van der Waals surface area (Å²) in [6.07, 6.45) is -4.66. The Morgan fingerprint density at radius 2 is 1.92 bits per heavy atom. The van der Waals surface area contributed by atoms with Gasteiger partial charge in [-0.1, -0.05) is 6.07 Å². The fourth-order valence-electron chi connectivity index (χ4n) is 1.85. The van der Waals surface area contributed by atoms with Crippen LogP contribution in [0.4, 0.5) is 30.6 Å². The molecule has 128 valence electrons. The van der Waals surface area contributed by atoms with Crippen LogP contribution in [0.15, 0.2) is 30.3 Å². The van der Waals surface area contributed by atoms with Crippen LogP contribution in [0.3, 0.4) is 0 Å². The van der Waals surface area contributed by atoms with Crippen molar-refractivity contribution in [3.63, 3.8) is 0 Å². The summed E-state index contributed by atoms with van der Waals surface area (Å²) in [6.45, 7) is 3.46. The lowest BCUT2D eigenvalue weighted by molar-refractivity contribution is -0.141. The highest BCUT2D eigenvalue weighted by Crippen LogP contribution is 2.29. The van der Waals surface area contributed by atoms with E-state index in [2.05, 4.69) is 20.6 Å². The highest BCUT2D eigenvalue weighted by atomic mass is 19.4. The Labute approximate surface area is 136 Å². The van der Waals surface area contributed by atoms with Crippen molar-refractivity contribution < 1.29 is 18.0 Å². The number of nitrogen functional groups attached to an aromatic ring is 1. The molecular formula is C15H16F3N5O. The third-order valence-electron chi connectivity index (χ3n) is 2.82. The van der Waals surface area contributed by atoms with Crippen LogP contribution >= 0.6 is 0 Å². The fourth-order valence-corrected chi connectivity index (χ4v) is 1.85. The molecule has 1 aromatic heterocycles. The van der Waals surface area contributed by atoms with Crippen molar-refractivity contribution >= 4 is 23.4 Å². The molecule has 0 atom stereocenters. The van der Waals surface area contributed by atoms with E-state index in [4.69, 9.17) is 5.73 Å². The van der Waals surface area contributed by atoms with Gasteiger partial charge < -0.3 is 16.4 Å². The Morgan fingerprint density at radius 1 is 1.21 bits per heavy atom. The quantitative estimate of drug-likeness (QED) is 0.744. The number of nitrogens with zero attached hydrogens (tertiary/aromatic N) is 2. The van der Waals surface area contributed by atoms with E-state index in [0.717, 1.165) is 0 Å². The monoisotopic (exact) mass is 339 g/mol. The lowest BCUT2D eigenvalue weighted by atomic mass is 10.2. The second-order valence-corrected chi connectivity index (χ2v) is 5.34. The summed E-state index contributed by atoms with van der Waals surface area (Å²) in [6, 6.07) is 6.56. The maximum atomic E-state index is 13.0. The Bertz CT molecular complexity index is 746. The SMILES string of the molecule is CC(C)Nc1nc(NC(=O)c2cccc(N)c2)cc(C(F)(F)F)n1. The molecule has 6 nitrogen and oxygen atoms in total. The van der Waals surface area contributed by atoms with E-state index in [1.165, 1.54) is 12.1 Å². The van der Waals surface area contributed by atoms with E-state index in [9.17, 15) is 18.0 Å². The van der Waals surface area contributed by atoms with Gasteiger partial charge in [-0.2, -0.15) is 18.2 Å². The molecule has 0 aliphatic carbocycles. The van der Waals surface area contributed by atoms with Gasteiger partial charge in [0.25, 0.3) is 5.91 Å². The summed E-state index contributed by atoms with van der Waals surface area (Å²) < 4.78 is 38.9. The van der Waals surface area contributed by atoms with Crippen molar-refractivity contribution in [2.24, 2.45) is 0 Å². The molecule has 0 saturated heterocycles. The second kappa shape index (κ2) is 6.73. The number of carbonyl (C=O) groups excluding carboxylic acids is 1. The average Bonchev–Trinajstić information content (AvgIpc) is 2.45. The molecule has 0 aliphatic heterocycles. The number of alkyl halides is 3. The topological polar surface area (TPSA) is 92.9 Å². The minimum atomic E-state index is -4.66. The number of halogens is 3. The standard InChI is InChI=1S/C15H16F3N5O/c1-8(2)20-14-21-11(15(16,17)18)7-12(23-14)22-13(24)9-4-3-5-10(19)6-9/h3-8H,19H2,1-2H3,(H2,20,21,22,23,24). The number of anilines is 3. The lowest BCUT2D eigenvalue weighted by Gasteiger charge is -2.13. The normalized spacial score (nSPS) is 11.4. The van der Waals surface area contributed by atoms with Crippen LogP contribution in [0.2, 0.25) is 0 Å². The molecule has 24 heavy (non-hydrogen) atoms. The molecule has 0 spiro atoms. The van der Waals surface area contributed by atoms with Crippen molar-refractivity contribution in [1.82, 2.24) is 9.97 Å². The number of nitrogens with one attached hydrogen (secondary N) is 2. The van der Waals surface area contributed by atoms with Crippen molar-refractivity contribution in [1.29, 1.82) is 0 Å². The predicted molar refractivity (Wildman–Crippen MR) is 84.6 cm³/mol. The van der Waals surface area contributed by atoms with E-state index in [0.29, 0.717) is 11.8 Å². The van der Waals surface area contributed by atoms with Crippen LogP contribution in [0.25, 0.3) is 0 Å². The summed E-state index contributed by atoms with van der Waals surface area (Å²) in [5.74, 6) is -1.10. The van der Waals surface area contributed by atoms with Gasteiger partial charge >= 0.3 is 6.18 Å². The number of carbonyl (C=O) groups is 1. The molecule has 9 heteroatoms. The van der Waals surface area contributed by atoms with Crippen molar-refractivity contribution in [3.8, 4) is 0 Å². The van der Waals surface area contributed by atoms with Gasteiger partial charge in [-0.05, 0) is 32.0 Å². The van der Waals surface area contributed by atoms with Gasteiger partial charge in [-0.25, -0.2) is 4.98 Å². The first-order valence-electron chi connectivity index (χ1n) is 7.05. The molecule has 0 bridgehead atoms. The third kappa shape index (κ3) is 4.58. The van der Waals surface area contributed by atoms with E-state index >= 15 is 0 Å². The molecule has 2 rings (SSSR count). The first kappa shape index (κ1) is 17.5.